The van der Waals surface area contributed by atoms with Gasteiger partial charge in [0.15, 0.2) is 0 Å². The largest absolute Gasteiger partial charge is 0.497 e. The van der Waals surface area contributed by atoms with E-state index in [1.165, 1.54) is 12.4 Å². The van der Waals surface area contributed by atoms with Crippen LogP contribution in [0.25, 0.3) is 0 Å². The van der Waals surface area contributed by atoms with E-state index in [0.29, 0.717) is 35.2 Å². The molecule has 1 aromatic heterocycles. The average Bonchev–Trinajstić information content (AvgIpc) is 2.75. The van der Waals surface area contributed by atoms with Crippen molar-refractivity contribution < 1.29 is 14.3 Å². The molecule has 0 atom stereocenters. The summed E-state index contributed by atoms with van der Waals surface area (Å²) < 4.78 is 10.6. The van der Waals surface area contributed by atoms with Gasteiger partial charge in [0.1, 0.15) is 11.5 Å². The van der Waals surface area contributed by atoms with Crippen LogP contribution in [-0.2, 0) is 0 Å². The Kier molecular flexibility index (Phi) is 6.06. The first kappa shape index (κ1) is 19.2. The minimum atomic E-state index is -0.151. The van der Waals surface area contributed by atoms with Crippen LogP contribution in [0.2, 0.25) is 0 Å². The first-order chi connectivity index (χ1) is 13.7. The second-order valence-corrected chi connectivity index (χ2v) is 5.87. The maximum Gasteiger partial charge on any atom is 0.261 e. The van der Waals surface area contributed by atoms with Gasteiger partial charge in [-0.05, 0) is 31.2 Å². The summed E-state index contributed by atoms with van der Waals surface area (Å²) in [6, 6.07) is 14.9. The monoisotopic (exact) mass is 378 g/mol. The van der Waals surface area contributed by atoms with Crippen molar-refractivity contribution in [1.29, 1.82) is 0 Å². The van der Waals surface area contributed by atoms with E-state index in [-0.39, 0.29) is 5.91 Å². The molecule has 3 aromatic rings. The molecule has 0 aliphatic carbocycles. The van der Waals surface area contributed by atoms with E-state index in [1.54, 1.807) is 25.2 Å². The lowest BCUT2D eigenvalue weighted by atomic mass is 10.2. The molecule has 0 saturated heterocycles. The lowest BCUT2D eigenvalue weighted by Gasteiger charge is -2.20. The van der Waals surface area contributed by atoms with Gasteiger partial charge in [-0.1, -0.05) is 18.2 Å². The van der Waals surface area contributed by atoms with Gasteiger partial charge in [-0.2, -0.15) is 0 Å². The third-order valence-electron chi connectivity index (χ3n) is 4.18. The minimum absolute atomic E-state index is 0.151. The zero-order valence-electron chi connectivity index (χ0n) is 16.0. The van der Waals surface area contributed by atoms with Crippen LogP contribution in [0, 0.1) is 0 Å². The molecule has 2 aromatic carbocycles. The van der Waals surface area contributed by atoms with Gasteiger partial charge in [-0.25, -0.2) is 9.97 Å². The van der Waals surface area contributed by atoms with Crippen molar-refractivity contribution in [3.05, 3.63) is 66.5 Å². The molecule has 1 amide bonds. The predicted octanol–water partition coefficient (Wildman–Crippen LogP) is 3.90. The molecule has 7 nitrogen and oxygen atoms in total. The number of para-hydroxylation sites is 1. The number of carbonyl (C=O) groups is 1. The van der Waals surface area contributed by atoms with Gasteiger partial charge < -0.3 is 19.7 Å². The molecule has 144 valence electrons. The predicted molar refractivity (Wildman–Crippen MR) is 109 cm³/mol. The zero-order chi connectivity index (χ0) is 19.9. The van der Waals surface area contributed by atoms with Gasteiger partial charge in [0.2, 0.25) is 5.95 Å². The van der Waals surface area contributed by atoms with Gasteiger partial charge in [0.05, 0.1) is 25.5 Å². The van der Waals surface area contributed by atoms with Crippen molar-refractivity contribution in [2.45, 2.75) is 6.92 Å². The van der Waals surface area contributed by atoms with Crippen molar-refractivity contribution in [3.63, 3.8) is 0 Å². The second-order valence-electron chi connectivity index (χ2n) is 5.87. The number of nitrogens with zero attached hydrogens (tertiary/aromatic N) is 3. The fourth-order valence-electron chi connectivity index (χ4n) is 2.73. The number of amides is 1. The van der Waals surface area contributed by atoms with Crippen LogP contribution in [0.1, 0.15) is 17.3 Å². The Morgan fingerprint density at radius 2 is 1.75 bits per heavy atom. The molecule has 28 heavy (non-hydrogen) atoms. The molecule has 1 N–H and O–H groups in total. The van der Waals surface area contributed by atoms with Crippen LogP contribution in [0.4, 0.5) is 17.3 Å². The van der Waals surface area contributed by atoms with Crippen LogP contribution < -0.4 is 19.7 Å². The fourth-order valence-corrected chi connectivity index (χ4v) is 2.73. The highest BCUT2D eigenvalue weighted by Gasteiger charge is 2.17. The van der Waals surface area contributed by atoms with Crippen molar-refractivity contribution in [2.75, 3.05) is 31.0 Å². The van der Waals surface area contributed by atoms with Gasteiger partial charge in [0, 0.05) is 30.7 Å². The Morgan fingerprint density at radius 3 is 2.36 bits per heavy atom. The summed E-state index contributed by atoms with van der Waals surface area (Å²) in [6.07, 6.45) is 3.03. The highest BCUT2D eigenvalue weighted by Crippen LogP contribution is 2.30. The molecule has 0 spiro atoms. The number of benzene rings is 2. The molecule has 0 saturated carbocycles. The molecular weight excluding hydrogens is 356 g/mol. The third-order valence-corrected chi connectivity index (χ3v) is 4.18. The SMILES string of the molecule is CCN(C(=O)c1cnc(Nc2ccc(OC)cc2OC)nc1)c1ccccc1. The van der Waals surface area contributed by atoms with Crippen molar-refractivity contribution in [3.8, 4) is 11.5 Å². The summed E-state index contributed by atoms with van der Waals surface area (Å²) in [5, 5.41) is 3.09. The van der Waals surface area contributed by atoms with Crippen LogP contribution >= 0.6 is 0 Å². The number of nitrogens with one attached hydrogen (secondary N) is 1. The molecule has 0 unspecified atom stereocenters. The van der Waals surface area contributed by atoms with Crippen LogP contribution in [0.15, 0.2) is 60.9 Å². The van der Waals surface area contributed by atoms with E-state index in [0.717, 1.165) is 5.69 Å². The van der Waals surface area contributed by atoms with E-state index in [4.69, 9.17) is 9.47 Å². The Hall–Kier alpha value is -3.61. The number of hydrogen-bond acceptors (Lipinski definition) is 6. The Bertz CT molecular complexity index is 930. The lowest BCUT2D eigenvalue weighted by Crippen LogP contribution is -2.30. The number of methoxy groups -OCH3 is 2. The summed E-state index contributed by atoms with van der Waals surface area (Å²) in [5.74, 6) is 1.50. The Morgan fingerprint density at radius 1 is 1.04 bits per heavy atom. The minimum Gasteiger partial charge on any atom is -0.497 e. The number of ether oxygens (including phenoxy) is 2. The summed E-state index contributed by atoms with van der Waals surface area (Å²) >= 11 is 0. The van der Waals surface area contributed by atoms with E-state index in [9.17, 15) is 4.79 Å². The average molecular weight is 378 g/mol. The van der Waals surface area contributed by atoms with Crippen molar-refractivity contribution in [2.24, 2.45) is 0 Å². The molecule has 0 fully saturated rings. The topological polar surface area (TPSA) is 76.6 Å². The van der Waals surface area contributed by atoms with Crippen LogP contribution in [-0.4, -0.2) is 36.6 Å². The maximum absolute atomic E-state index is 12.8. The molecule has 0 radical (unpaired) electrons. The van der Waals surface area contributed by atoms with Crippen LogP contribution in [0.3, 0.4) is 0 Å². The summed E-state index contributed by atoms with van der Waals surface area (Å²) in [6.45, 7) is 2.48. The van der Waals surface area contributed by atoms with Gasteiger partial charge in [0.25, 0.3) is 5.91 Å². The first-order valence-electron chi connectivity index (χ1n) is 8.84. The normalized spacial score (nSPS) is 10.2. The summed E-state index contributed by atoms with van der Waals surface area (Å²) in [4.78, 5) is 23.0. The summed E-state index contributed by atoms with van der Waals surface area (Å²) in [7, 11) is 3.17. The quantitative estimate of drug-likeness (QED) is 0.672. The molecule has 0 aliphatic heterocycles. The number of hydrogen-bond donors (Lipinski definition) is 1. The maximum atomic E-state index is 12.8. The van der Waals surface area contributed by atoms with E-state index in [2.05, 4.69) is 15.3 Å². The standard InChI is InChI=1S/C21H22N4O3/c1-4-25(16-8-6-5-7-9-16)20(26)15-13-22-21(23-14-15)24-18-11-10-17(27-2)12-19(18)28-3/h5-14H,4H2,1-3H3,(H,22,23,24). The smallest absolute Gasteiger partial charge is 0.261 e. The Balaban J connectivity index is 1.77. The molecule has 0 aliphatic rings. The third kappa shape index (κ3) is 4.20. The molecule has 3 rings (SSSR count). The van der Waals surface area contributed by atoms with E-state index >= 15 is 0 Å². The van der Waals surface area contributed by atoms with Crippen molar-refractivity contribution in [1.82, 2.24) is 9.97 Å². The van der Waals surface area contributed by atoms with Gasteiger partial charge in [-0.3, -0.25) is 4.79 Å². The first-order valence-corrected chi connectivity index (χ1v) is 8.84. The highest BCUT2D eigenvalue weighted by atomic mass is 16.5. The summed E-state index contributed by atoms with van der Waals surface area (Å²) in [5.41, 5.74) is 1.94. The van der Waals surface area contributed by atoms with E-state index < -0.39 is 0 Å². The number of carbonyl (C=O) groups excluding carboxylic acids is 1. The van der Waals surface area contributed by atoms with Crippen molar-refractivity contribution >= 4 is 23.2 Å². The number of anilines is 3. The molecular formula is C21H22N4O3. The molecule has 1 heterocycles. The van der Waals surface area contributed by atoms with E-state index in [1.807, 2.05) is 49.4 Å². The second kappa shape index (κ2) is 8.85. The molecule has 0 bridgehead atoms. The molecule has 7 heteroatoms. The fraction of sp³-hybridized carbons (Fsp3) is 0.190. The lowest BCUT2D eigenvalue weighted by molar-refractivity contribution is 0.0987. The Labute approximate surface area is 164 Å². The number of aromatic nitrogens is 2. The number of rotatable bonds is 7. The van der Waals surface area contributed by atoms with Crippen LogP contribution in [0.5, 0.6) is 11.5 Å². The zero-order valence-corrected chi connectivity index (χ0v) is 16.0. The highest BCUT2D eigenvalue weighted by molar-refractivity contribution is 6.05. The van der Waals surface area contributed by atoms with Gasteiger partial charge >= 0.3 is 0 Å². The van der Waals surface area contributed by atoms with Gasteiger partial charge in [-0.15, -0.1) is 0 Å².